The summed E-state index contributed by atoms with van der Waals surface area (Å²) >= 11 is 1.22. The number of nitrogens with one attached hydrogen (secondary N) is 1. The molecule has 1 unspecified atom stereocenters. The zero-order chi connectivity index (χ0) is 15.6. The second-order valence-electron chi connectivity index (χ2n) is 4.51. The van der Waals surface area contributed by atoms with E-state index in [0.29, 0.717) is 10.6 Å². The fraction of sp³-hybridized carbons (Fsp3) is 0.286. The van der Waals surface area contributed by atoms with E-state index in [9.17, 15) is 18.7 Å². The standard InChI is InChI=1S/C14H14F2N2O2S/c1-7-13(21-8(2)18-7)14(20)17-6-11(19)12-9(15)4-3-5-10(12)16/h3-5,11,19H,6H2,1-2H3,(H,17,20). The lowest BCUT2D eigenvalue weighted by Crippen LogP contribution is -2.29. The first-order valence-corrected chi connectivity index (χ1v) is 7.06. The number of aromatic nitrogens is 1. The molecule has 7 heteroatoms. The Morgan fingerprint density at radius 2 is 2.00 bits per heavy atom. The average molecular weight is 312 g/mol. The molecule has 4 nitrogen and oxygen atoms in total. The van der Waals surface area contributed by atoms with Crippen molar-refractivity contribution in [3.8, 4) is 0 Å². The number of nitrogens with zero attached hydrogens (tertiary/aromatic N) is 1. The number of aliphatic hydroxyl groups is 1. The van der Waals surface area contributed by atoms with Crippen molar-refractivity contribution in [2.75, 3.05) is 6.54 Å². The van der Waals surface area contributed by atoms with Gasteiger partial charge in [-0.15, -0.1) is 11.3 Å². The molecule has 112 valence electrons. The minimum absolute atomic E-state index is 0.285. The molecule has 2 N–H and O–H groups in total. The van der Waals surface area contributed by atoms with Crippen LogP contribution in [0.2, 0.25) is 0 Å². The summed E-state index contributed by atoms with van der Waals surface area (Å²) in [5, 5.41) is 13.0. The second kappa shape index (κ2) is 6.28. The predicted octanol–water partition coefficient (Wildman–Crippen LogP) is 2.50. The first-order chi connectivity index (χ1) is 9.90. The molecule has 1 heterocycles. The van der Waals surface area contributed by atoms with Gasteiger partial charge in [-0.25, -0.2) is 13.8 Å². The predicted molar refractivity (Wildman–Crippen MR) is 75.2 cm³/mol. The van der Waals surface area contributed by atoms with Gasteiger partial charge in [0.15, 0.2) is 0 Å². The van der Waals surface area contributed by atoms with Crippen molar-refractivity contribution >= 4 is 17.2 Å². The largest absolute Gasteiger partial charge is 0.386 e. The summed E-state index contributed by atoms with van der Waals surface area (Å²) in [5.41, 5.74) is 0.136. The quantitative estimate of drug-likeness (QED) is 0.912. The van der Waals surface area contributed by atoms with Gasteiger partial charge in [-0.05, 0) is 26.0 Å². The Balaban J connectivity index is 2.06. The van der Waals surface area contributed by atoms with Crippen molar-refractivity contribution in [3.63, 3.8) is 0 Å². The summed E-state index contributed by atoms with van der Waals surface area (Å²) in [5.74, 6) is -2.11. The van der Waals surface area contributed by atoms with Crippen LogP contribution < -0.4 is 5.32 Å². The lowest BCUT2D eigenvalue weighted by molar-refractivity contribution is 0.0914. The van der Waals surface area contributed by atoms with E-state index in [-0.39, 0.29) is 6.54 Å². The minimum atomic E-state index is -1.45. The SMILES string of the molecule is Cc1nc(C)c(C(=O)NCC(O)c2c(F)cccc2F)s1. The topological polar surface area (TPSA) is 62.2 Å². The summed E-state index contributed by atoms with van der Waals surface area (Å²) in [6, 6.07) is 3.32. The van der Waals surface area contributed by atoms with Gasteiger partial charge in [0.1, 0.15) is 22.6 Å². The number of thiazole rings is 1. The smallest absolute Gasteiger partial charge is 0.263 e. The molecule has 2 rings (SSSR count). The van der Waals surface area contributed by atoms with Crippen LogP contribution in [0, 0.1) is 25.5 Å². The number of aliphatic hydroxyl groups excluding tert-OH is 1. The molecule has 0 bridgehead atoms. The molecule has 0 spiro atoms. The molecule has 1 aromatic carbocycles. The van der Waals surface area contributed by atoms with E-state index < -0.39 is 29.2 Å². The molecule has 0 aliphatic carbocycles. The van der Waals surface area contributed by atoms with Crippen LogP contribution >= 0.6 is 11.3 Å². The Morgan fingerprint density at radius 1 is 1.38 bits per heavy atom. The zero-order valence-corrected chi connectivity index (χ0v) is 12.3. The molecule has 1 atom stereocenters. The number of hydrogen-bond acceptors (Lipinski definition) is 4. The Hall–Kier alpha value is -1.86. The van der Waals surface area contributed by atoms with Crippen LogP contribution in [0.3, 0.4) is 0 Å². The number of amides is 1. The maximum absolute atomic E-state index is 13.5. The molecule has 0 saturated carbocycles. The van der Waals surface area contributed by atoms with Gasteiger partial charge in [-0.2, -0.15) is 0 Å². The van der Waals surface area contributed by atoms with Gasteiger partial charge in [0, 0.05) is 6.54 Å². The van der Waals surface area contributed by atoms with E-state index in [0.717, 1.165) is 17.1 Å². The molecule has 2 aromatic rings. The van der Waals surface area contributed by atoms with Gasteiger partial charge in [0.2, 0.25) is 0 Å². The van der Waals surface area contributed by atoms with Gasteiger partial charge in [-0.3, -0.25) is 4.79 Å². The van der Waals surface area contributed by atoms with E-state index in [1.165, 1.54) is 17.4 Å². The van der Waals surface area contributed by atoms with E-state index in [1.807, 2.05) is 0 Å². The molecular weight excluding hydrogens is 298 g/mol. The molecular formula is C14H14F2N2O2S. The third-order valence-electron chi connectivity index (χ3n) is 2.90. The van der Waals surface area contributed by atoms with Crippen LogP contribution in [-0.2, 0) is 0 Å². The normalized spacial score (nSPS) is 12.2. The van der Waals surface area contributed by atoms with Gasteiger partial charge < -0.3 is 10.4 Å². The first-order valence-electron chi connectivity index (χ1n) is 6.24. The first kappa shape index (κ1) is 15.5. The van der Waals surface area contributed by atoms with Crippen LogP contribution in [0.5, 0.6) is 0 Å². The van der Waals surface area contributed by atoms with Crippen LogP contribution in [-0.4, -0.2) is 22.5 Å². The maximum Gasteiger partial charge on any atom is 0.263 e. The highest BCUT2D eigenvalue weighted by atomic mass is 32.1. The number of rotatable bonds is 4. The van der Waals surface area contributed by atoms with Crippen molar-refractivity contribution in [1.82, 2.24) is 10.3 Å². The fourth-order valence-electron chi connectivity index (χ4n) is 1.94. The van der Waals surface area contributed by atoms with Crippen molar-refractivity contribution < 1.29 is 18.7 Å². The summed E-state index contributed by atoms with van der Waals surface area (Å²) in [6.45, 7) is 3.19. The van der Waals surface area contributed by atoms with Crippen LogP contribution in [0.4, 0.5) is 8.78 Å². The zero-order valence-electron chi connectivity index (χ0n) is 11.5. The lowest BCUT2D eigenvalue weighted by atomic mass is 10.1. The summed E-state index contributed by atoms with van der Waals surface area (Å²) in [6.07, 6.45) is -1.45. The number of carbonyl (C=O) groups excluding carboxylic acids is 1. The van der Waals surface area contributed by atoms with Gasteiger partial charge in [0.05, 0.1) is 16.3 Å². The third-order valence-corrected chi connectivity index (χ3v) is 3.97. The molecule has 0 fully saturated rings. The van der Waals surface area contributed by atoms with Gasteiger partial charge >= 0.3 is 0 Å². The number of hydrogen-bond donors (Lipinski definition) is 2. The van der Waals surface area contributed by atoms with Crippen molar-refractivity contribution in [3.05, 3.63) is 51.0 Å². The highest BCUT2D eigenvalue weighted by Crippen LogP contribution is 2.21. The minimum Gasteiger partial charge on any atom is -0.386 e. The van der Waals surface area contributed by atoms with Crippen LogP contribution in [0.1, 0.15) is 32.0 Å². The lowest BCUT2D eigenvalue weighted by Gasteiger charge is -2.13. The van der Waals surface area contributed by atoms with Crippen molar-refractivity contribution in [1.29, 1.82) is 0 Å². The Labute approximate surface area is 124 Å². The monoisotopic (exact) mass is 312 g/mol. The van der Waals surface area contributed by atoms with E-state index in [4.69, 9.17) is 0 Å². The van der Waals surface area contributed by atoms with E-state index in [2.05, 4.69) is 10.3 Å². The maximum atomic E-state index is 13.5. The number of carbonyl (C=O) groups is 1. The van der Waals surface area contributed by atoms with Crippen LogP contribution in [0.15, 0.2) is 18.2 Å². The average Bonchev–Trinajstić information content (AvgIpc) is 2.75. The van der Waals surface area contributed by atoms with Crippen LogP contribution in [0.25, 0.3) is 0 Å². The Morgan fingerprint density at radius 3 is 2.52 bits per heavy atom. The summed E-state index contributed by atoms with van der Waals surface area (Å²) in [7, 11) is 0. The van der Waals surface area contributed by atoms with Gasteiger partial charge in [-0.1, -0.05) is 6.07 Å². The molecule has 1 aromatic heterocycles. The molecule has 0 saturated heterocycles. The molecule has 0 aliphatic rings. The van der Waals surface area contributed by atoms with E-state index in [1.54, 1.807) is 13.8 Å². The highest BCUT2D eigenvalue weighted by molar-refractivity contribution is 7.13. The molecule has 21 heavy (non-hydrogen) atoms. The summed E-state index contributed by atoms with van der Waals surface area (Å²) in [4.78, 5) is 16.5. The molecule has 0 aliphatic heterocycles. The summed E-state index contributed by atoms with van der Waals surface area (Å²) < 4.78 is 27.0. The fourth-order valence-corrected chi connectivity index (χ4v) is 2.78. The second-order valence-corrected chi connectivity index (χ2v) is 5.71. The highest BCUT2D eigenvalue weighted by Gasteiger charge is 2.20. The third kappa shape index (κ3) is 3.43. The number of halogens is 2. The van der Waals surface area contributed by atoms with E-state index >= 15 is 0 Å². The molecule has 0 radical (unpaired) electrons. The van der Waals surface area contributed by atoms with Crippen molar-refractivity contribution in [2.45, 2.75) is 20.0 Å². The Bertz CT molecular complexity index is 653. The Kier molecular flexibility index (Phi) is 4.64. The van der Waals surface area contributed by atoms with Gasteiger partial charge in [0.25, 0.3) is 5.91 Å². The van der Waals surface area contributed by atoms with Crippen molar-refractivity contribution in [2.24, 2.45) is 0 Å². The number of benzene rings is 1. The number of aryl methyl sites for hydroxylation is 2. The molecule has 1 amide bonds.